The molecule has 0 saturated carbocycles. The Bertz CT molecular complexity index is 1490. The van der Waals surface area contributed by atoms with E-state index in [-0.39, 0.29) is 29.5 Å². The van der Waals surface area contributed by atoms with E-state index < -0.39 is 23.7 Å². The molecule has 1 aromatic carbocycles. The van der Waals surface area contributed by atoms with Crippen LogP contribution in [0, 0.1) is 0 Å². The molecular weight excluding hydrogens is 507 g/mol. The van der Waals surface area contributed by atoms with Gasteiger partial charge in [0.05, 0.1) is 17.9 Å². The Morgan fingerprint density at radius 3 is 2.66 bits per heavy atom. The molecule has 0 unspecified atom stereocenters. The lowest BCUT2D eigenvalue weighted by Crippen LogP contribution is -2.35. The van der Waals surface area contributed by atoms with E-state index in [1.165, 1.54) is 23.0 Å². The maximum absolute atomic E-state index is 13.5. The minimum Gasteiger partial charge on any atom is -0.491 e. The normalized spacial score (nSPS) is 12.4. The first-order valence-corrected chi connectivity index (χ1v) is 11.2. The summed E-state index contributed by atoms with van der Waals surface area (Å²) in [6.07, 6.45) is -1.28. The summed E-state index contributed by atoms with van der Waals surface area (Å²) in [6.45, 7) is 0.692. The number of nitrogens with one attached hydrogen (secondary N) is 2. The van der Waals surface area contributed by atoms with E-state index >= 15 is 0 Å². The molecule has 38 heavy (non-hydrogen) atoms. The number of pyridine rings is 2. The van der Waals surface area contributed by atoms with Crippen LogP contribution in [0.25, 0.3) is 5.32 Å². The van der Waals surface area contributed by atoms with Gasteiger partial charge in [-0.3, -0.25) is 14.6 Å². The van der Waals surface area contributed by atoms with Gasteiger partial charge in [0.2, 0.25) is 18.6 Å². The van der Waals surface area contributed by atoms with E-state index in [0.717, 1.165) is 12.1 Å². The molecule has 0 saturated heterocycles. The molecule has 0 spiro atoms. The number of hydrogen-bond acceptors (Lipinski definition) is 7. The SMILES string of the molecule is O=C([N-]c1c[n+](Cc2ccccn2)no1)Nc1cc(NC(=O)c2ccc3c(n2)CCO3)cc(C(F)(F)F)c1. The van der Waals surface area contributed by atoms with Crippen molar-refractivity contribution in [3.05, 3.63) is 88.9 Å². The van der Waals surface area contributed by atoms with Crippen molar-refractivity contribution in [1.82, 2.24) is 15.2 Å². The largest absolute Gasteiger partial charge is 0.491 e. The molecule has 3 aromatic heterocycles. The van der Waals surface area contributed by atoms with Crippen LogP contribution in [0.15, 0.2) is 65.4 Å². The highest BCUT2D eigenvalue weighted by atomic mass is 19.4. The standard InChI is InChI=1S/C24H18F3N7O4/c25-24(26,27)14-9-16(29-22(35)19-4-5-20-18(31-19)6-8-37-20)11-17(10-14)30-23(36)32-21-13-34(33-38-21)12-15-3-1-2-7-28-15/h1-5,7,9-11,13H,6,8,12H2,(H2-,29,30,32,33,35,36). The number of hydrogen-bond donors (Lipinski definition) is 2. The number of halogens is 3. The zero-order chi connectivity index (χ0) is 26.7. The fraction of sp³-hybridized carbons (Fsp3) is 0.167. The second-order valence-corrected chi connectivity index (χ2v) is 8.09. The van der Waals surface area contributed by atoms with Crippen molar-refractivity contribution >= 4 is 29.2 Å². The molecule has 0 bridgehead atoms. The average Bonchev–Trinajstić information content (AvgIpc) is 3.52. The molecule has 0 fully saturated rings. The summed E-state index contributed by atoms with van der Waals surface area (Å²) in [4.78, 5) is 33.4. The molecule has 0 radical (unpaired) electrons. The Balaban J connectivity index is 1.28. The molecule has 1 aliphatic rings. The Kier molecular flexibility index (Phi) is 6.60. The summed E-state index contributed by atoms with van der Waals surface area (Å²) in [5.74, 6) is -0.339. The predicted octanol–water partition coefficient (Wildman–Crippen LogP) is 4.24. The van der Waals surface area contributed by atoms with Crippen molar-refractivity contribution < 1.29 is 36.7 Å². The van der Waals surface area contributed by atoms with Crippen LogP contribution in [0.4, 0.5) is 35.2 Å². The minimum atomic E-state index is -4.75. The molecule has 0 aliphatic carbocycles. The van der Waals surface area contributed by atoms with Crippen LogP contribution in [0.5, 0.6) is 5.75 Å². The zero-order valence-electron chi connectivity index (χ0n) is 19.4. The lowest BCUT2D eigenvalue weighted by atomic mass is 10.1. The van der Waals surface area contributed by atoms with E-state index in [1.807, 2.05) is 0 Å². The molecular formula is C24H18F3N7O4. The van der Waals surface area contributed by atoms with E-state index in [4.69, 9.17) is 9.26 Å². The van der Waals surface area contributed by atoms with Crippen LogP contribution in [-0.2, 0) is 19.1 Å². The van der Waals surface area contributed by atoms with E-state index in [0.29, 0.717) is 30.2 Å². The quantitative estimate of drug-likeness (QED) is 0.359. The Labute approximate surface area is 212 Å². The van der Waals surface area contributed by atoms with Crippen LogP contribution in [-0.4, -0.2) is 33.8 Å². The van der Waals surface area contributed by atoms with Gasteiger partial charge in [-0.25, -0.2) is 4.98 Å². The smallest absolute Gasteiger partial charge is 0.416 e. The molecule has 11 nitrogen and oxygen atoms in total. The lowest BCUT2D eigenvalue weighted by Gasteiger charge is -2.18. The third kappa shape index (κ3) is 5.86. The number of amides is 3. The van der Waals surface area contributed by atoms with Gasteiger partial charge >= 0.3 is 6.18 Å². The van der Waals surface area contributed by atoms with Gasteiger partial charge in [0.1, 0.15) is 17.1 Å². The maximum atomic E-state index is 13.5. The molecule has 14 heteroatoms. The summed E-state index contributed by atoms with van der Waals surface area (Å²) in [5, 5.41) is 12.0. The van der Waals surface area contributed by atoms with Gasteiger partial charge in [0.15, 0.2) is 11.3 Å². The number of urea groups is 1. The van der Waals surface area contributed by atoms with Crippen molar-refractivity contribution in [2.24, 2.45) is 0 Å². The number of nitrogens with zero attached hydrogens (tertiary/aromatic N) is 5. The lowest BCUT2D eigenvalue weighted by molar-refractivity contribution is -0.755. The van der Waals surface area contributed by atoms with Crippen molar-refractivity contribution in [2.45, 2.75) is 19.1 Å². The molecule has 194 valence electrons. The number of fused-ring (bicyclic) bond motifs is 1. The third-order valence-electron chi connectivity index (χ3n) is 5.29. The fourth-order valence-electron chi connectivity index (χ4n) is 3.62. The number of anilines is 2. The minimum absolute atomic E-state index is 0.0107. The Hall–Kier alpha value is -5.01. The predicted molar refractivity (Wildman–Crippen MR) is 125 cm³/mol. The monoisotopic (exact) mass is 525 g/mol. The highest BCUT2D eigenvalue weighted by Crippen LogP contribution is 2.34. The van der Waals surface area contributed by atoms with Crippen LogP contribution < -0.4 is 20.1 Å². The average molecular weight is 525 g/mol. The van der Waals surface area contributed by atoms with Crippen LogP contribution >= 0.6 is 0 Å². The van der Waals surface area contributed by atoms with Gasteiger partial charge < -0.3 is 25.2 Å². The number of benzene rings is 1. The molecule has 5 rings (SSSR count). The molecule has 3 amide bonds. The van der Waals surface area contributed by atoms with E-state index in [1.54, 1.807) is 30.5 Å². The van der Waals surface area contributed by atoms with Gasteiger partial charge in [-0.15, -0.1) is 0 Å². The van der Waals surface area contributed by atoms with Crippen LogP contribution in [0.2, 0.25) is 0 Å². The summed E-state index contributed by atoms with van der Waals surface area (Å²) >= 11 is 0. The summed E-state index contributed by atoms with van der Waals surface area (Å²) in [6, 6.07) is 9.93. The topological polar surface area (TPSA) is 137 Å². The van der Waals surface area contributed by atoms with Crippen molar-refractivity contribution in [3.63, 3.8) is 0 Å². The first kappa shape index (κ1) is 24.7. The number of alkyl halides is 3. The van der Waals surface area contributed by atoms with Crippen molar-refractivity contribution in [3.8, 4) is 5.75 Å². The molecule has 4 heterocycles. The maximum Gasteiger partial charge on any atom is 0.416 e. The van der Waals surface area contributed by atoms with Crippen molar-refractivity contribution in [1.29, 1.82) is 0 Å². The summed E-state index contributed by atoms with van der Waals surface area (Å²) in [5.41, 5.74) is -0.259. The Morgan fingerprint density at radius 1 is 1.08 bits per heavy atom. The molecule has 0 atom stereocenters. The number of rotatable bonds is 6. The van der Waals surface area contributed by atoms with Gasteiger partial charge in [-0.05, 0) is 52.8 Å². The number of carbonyl (C=O) groups is 2. The zero-order valence-corrected chi connectivity index (χ0v) is 19.4. The number of aromatic nitrogens is 4. The highest BCUT2D eigenvalue weighted by molar-refractivity contribution is 6.05. The fourth-order valence-corrected chi connectivity index (χ4v) is 3.62. The molecule has 1 aliphatic heterocycles. The number of carbonyl (C=O) groups excluding carboxylic acids is 2. The second-order valence-electron chi connectivity index (χ2n) is 8.09. The van der Waals surface area contributed by atoms with Gasteiger partial charge in [-0.2, -0.15) is 13.2 Å². The van der Waals surface area contributed by atoms with Gasteiger partial charge in [0, 0.05) is 18.3 Å². The van der Waals surface area contributed by atoms with Crippen LogP contribution in [0.1, 0.15) is 27.4 Å². The molecule has 2 N–H and O–H groups in total. The summed E-state index contributed by atoms with van der Waals surface area (Å²) < 4.78 is 52.2. The first-order valence-electron chi connectivity index (χ1n) is 11.2. The van der Waals surface area contributed by atoms with Crippen molar-refractivity contribution in [2.75, 3.05) is 17.2 Å². The van der Waals surface area contributed by atoms with E-state index in [2.05, 4.69) is 31.2 Å². The highest BCUT2D eigenvalue weighted by Gasteiger charge is 2.31. The third-order valence-corrected chi connectivity index (χ3v) is 5.29. The number of ether oxygens (including phenoxy) is 1. The Morgan fingerprint density at radius 2 is 1.89 bits per heavy atom. The van der Waals surface area contributed by atoms with Gasteiger partial charge in [-0.1, -0.05) is 6.07 Å². The summed E-state index contributed by atoms with van der Waals surface area (Å²) in [7, 11) is 0. The molecule has 4 aromatic rings. The van der Waals surface area contributed by atoms with Gasteiger partial charge in [0.25, 0.3) is 5.91 Å². The van der Waals surface area contributed by atoms with Crippen LogP contribution in [0.3, 0.4) is 0 Å². The second kappa shape index (κ2) is 10.2. The first-order chi connectivity index (χ1) is 18.2. The van der Waals surface area contributed by atoms with E-state index in [9.17, 15) is 22.8 Å².